The fourth-order valence-electron chi connectivity index (χ4n) is 2.25. The van der Waals surface area contributed by atoms with E-state index in [1.54, 1.807) is 11.3 Å². The second-order valence-corrected chi connectivity index (χ2v) is 5.43. The molecule has 90 valence electrons. The van der Waals surface area contributed by atoms with E-state index in [1.165, 1.54) is 37.5 Å². The van der Waals surface area contributed by atoms with E-state index in [0.29, 0.717) is 0 Å². The Labute approximate surface area is 102 Å². The van der Waals surface area contributed by atoms with Crippen LogP contribution in [-0.4, -0.2) is 31.7 Å². The van der Waals surface area contributed by atoms with E-state index in [1.807, 2.05) is 7.05 Å². The van der Waals surface area contributed by atoms with Gasteiger partial charge in [-0.05, 0) is 45.7 Å². The summed E-state index contributed by atoms with van der Waals surface area (Å²) in [6, 6.07) is 0. The second-order valence-electron chi connectivity index (χ2n) is 4.59. The Kier molecular flexibility index (Phi) is 4.18. The van der Waals surface area contributed by atoms with Crippen molar-refractivity contribution in [2.75, 3.05) is 31.6 Å². The molecule has 0 aliphatic carbocycles. The van der Waals surface area contributed by atoms with Crippen LogP contribution in [0.1, 0.15) is 25.0 Å². The maximum atomic E-state index is 4.55. The van der Waals surface area contributed by atoms with E-state index >= 15 is 0 Å². The quantitative estimate of drug-likeness (QED) is 0.873. The van der Waals surface area contributed by atoms with Crippen molar-refractivity contribution in [1.29, 1.82) is 0 Å². The van der Waals surface area contributed by atoms with Crippen LogP contribution in [0.3, 0.4) is 0 Å². The first-order chi connectivity index (χ1) is 7.79. The van der Waals surface area contributed by atoms with Crippen molar-refractivity contribution in [2.45, 2.75) is 26.2 Å². The summed E-state index contributed by atoms with van der Waals surface area (Å²) in [5.41, 5.74) is 1.15. The zero-order valence-corrected chi connectivity index (χ0v) is 11.0. The molecule has 1 saturated heterocycles. The average Bonchev–Trinajstić information content (AvgIpc) is 2.74. The van der Waals surface area contributed by atoms with Gasteiger partial charge in [0, 0.05) is 18.5 Å². The van der Waals surface area contributed by atoms with Crippen molar-refractivity contribution in [3.05, 3.63) is 11.1 Å². The van der Waals surface area contributed by atoms with Gasteiger partial charge in [0.25, 0.3) is 0 Å². The number of aromatic nitrogens is 1. The number of nitrogens with one attached hydrogen (secondary N) is 1. The monoisotopic (exact) mass is 239 g/mol. The summed E-state index contributed by atoms with van der Waals surface area (Å²) in [5.74, 6) is 0.907. The number of hydrogen-bond acceptors (Lipinski definition) is 4. The Morgan fingerprint density at radius 1 is 1.50 bits per heavy atom. The Bertz CT molecular complexity index is 316. The Morgan fingerprint density at radius 3 is 2.81 bits per heavy atom. The van der Waals surface area contributed by atoms with Crippen molar-refractivity contribution >= 4 is 16.5 Å². The van der Waals surface area contributed by atoms with Crippen LogP contribution in [0, 0.1) is 12.8 Å². The Morgan fingerprint density at radius 2 is 2.25 bits per heavy atom. The number of hydrogen-bond donors (Lipinski definition) is 1. The van der Waals surface area contributed by atoms with Crippen LogP contribution in [0.25, 0.3) is 0 Å². The average molecular weight is 239 g/mol. The van der Waals surface area contributed by atoms with Crippen LogP contribution < -0.4 is 10.2 Å². The van der Waals surface area contributed by atoms with E-state index in [9.17, 15) is 0 Å². The fraction of sp³-hybridized carbons (Fsp3) is 0.750. The fourth-order valence-corrected chi connectivity index (χ4v) is 3.11. The third kappa shape index (κ3) is 2.95. The third-order valence-corrected chi connectivity index (χ3v) is 4.31. The van der Waals surface area contributed by atoms with Crippen molar-refractivity contribution in [3.63, 3.8) is 0 Å². The smallest absolute Gasteiger partial charge is 0.185 e. The zero-order chi connectivity index (χ0) is 11.4. The summed E-state index contributed by atoms with van der Waals surface area (Å²) in [5, 5.41) is 6.59. The first-order valence-corrected chi connectivity index (χ1v) is 6.99. The van der Waals surface area contributed by atoms with E-state index in [2.05, 4.69) is 27.5 Å². The summed E-state index contributed by atoms with van der Waals surface area (Å²) in [4.78, 5) is 6.99. The minimum Gasteiger partial charge on any atom is -0.348 e. The van der Waals surface area contributed by atoms with Gasteiger partial charge in [0.1, 0.15) is 0 Å². The van der Waals surface area contributed by atoms with Gasteiger partial charge >= 0.3 is 0 Å². The van der Waals surface area contributed by atoms with Crippen LogP contribution in [-0.2, 0) is 0 Å². The van der Waals surface area contributed by atoms with Crippen LogP contribution in [0.4, 0.5) is 5.13 Å². The largest absolute Gasteiger partial charge is 0.348 e. The molecule has 0 aromatic carbocycles. The predicted molar refractivity (Wildman–Crippen MR) is 70.3 cm³/mol. The normalized spacial score (nSPS) is 18.0. The molecule has 0 atom stereocenters. The topological polar surface area (TPSA) is 28.2 Å². The minimum atomic E-state index is 0.907. The molecule has 0 unspecified atom stereocenters. The molecule has 1 aromatic heterocycles. The highest BCUT2D eigenvalue weighted by atomic mass is 32.1. The lowest BCUT2D eigenvalue weighted by Crippen LogP contribution is -2.34. The van der Waals surface area contributed by atoms with Gasteiger partial charge in [-0.1, -0.05) is 0 Å². The molecule has 4 heteroatoms. The molecule has 3 nitrogen and oxygen atoms in total. The molecule has 1 aliphatic heterocycles. The number of rotatable bonds is 4. The van der Waals surface area contributed by atoms with Gasteiger partial charge in [-0.2, -0.15) is 0 Å². The molecule has 1 N–H and O–H groups in total. The van der Waals surface area contributed by atoms with Gasteiger partial charge in [0.05, 0.1) is 5.69 Å². The lowest BCUT2D eigenvalue weighted by atomic mass is 9.94. The van der Waals surface area contributed by atoms with Gasteiger partial charge in [-0.15, -0.1) is 11.3 Å². The van der Waals surface area contributed by atoms with E-state index in [4.69, 9.17) is 0 Å². The molecular formula is C12H21N3S. The van der Waals surface area contributed by atoms with Crippen molar-refractivity contribution < 1.29 is 0 Å². The summed E-state index contributed by atoms with van der Waals surface area (Å²) in [6.45, 7) is 5.59. The first kappa shape index (κ1) is 11.9. The maximum absolute atomic E-state index is 4.55. The summed E-state index contributed by atoms with van der Waals surface area (Å²) in [7, 11) is 2.04. The van der Waals surface area contributed by atoms with E-state index < -0.39 is 0 Å². The summed E-state index contributed by atoms with van der Waals surface area (Å²) < 4.78 is 0. The van der Waals surface area contributed by atoms with Gasteiger partial charge < -0.3 is 10.2 Å². The highest BCUT2D eigenvalue weighted by Crippen LogP contribution is 2.27. The number of anilines is 1. The minimum absolute atomic E-state index is 0.907. The molecule has 1 aromatic rings. The van der Waals surface area contributed by atoms with E-state index in [0.717, 1.165) is 18.2 Å². The molecular weight excluding hydrogens is 218 g/mol. The second kappa shape index (κ2) is 5.64. The van der Waals surface area contributed by atoms with Crippen LogP contribution >= 0.6 is 11.3 Å². The standard InChI is InChI=1S/C12H21N3S/c1-10-9-16-12(14-10)15-7-4-11(5-8-15)3-6-13-2/h9,11,13H,3-8H2,1-2H3. The number of nitrogens with zero attached hydrogens (tertiary/aromatic N) is 2. The number of aryl methyl sites for hydroxylation is 1. The van der Waals surface area contributed by atoms with Crippen LogP contribution in [0.2, 0.25) is 0 Å². The van der Waals surface area contributed by atoms with Gasteiger partial charge in [-0.25, -0.2) is 4.98 Å². The van der Waals surface area contributed by atoms with Gasteiger partial charge in [-0.3, -0.25) is 0 Å². The van der Waals surface area contributed by atoms with E-state index in [-0.39, 0.29) is 0 Å². The Hall–Kier alpha value is -0.610. The maximum Gasteiger partial charge on any atom is 0.185 e. The molecule has 2 rings (SSSR count). The van der Waals surface area contributed by atoms with Gasteiger partial charge in [0.2, 0.25) is 0 Å². The van der Waals surface area contributed by atoms with Crippen LogP contribution in [0.15, 0.2) is 5.38 Å². The number of piperidine rings is 1. The lowest BCUT2D eigenvalue weighted by molar-refractivity contribution is 0.378. The predicted octanol–water partition coefficient (Wildman–Crippen LogP) is 2.28. The summed E-state index contributed by atoms with van der Waals surface area (Å²) >= 11 is 1.78. The number of thiazole rings is 1. The van der Waals surface area contributed by atoms with Crippen LogP contribution in [0.5, 0.6) is 0 Å². The Balaban J connectivity index is 1.81. The molecule has 2 heterocycles. The molecule has 0 amide bonds. The highest BCUT2D eigenvalue weighted by molar-refractivity contribution is 7.13. The first-order valence-electron chi connectivity index (χ1n) is 6.11. The third-order valence-electron chi connectivity index (χ3n) is 3.29. The molecule has 0 saturated carbocycles. The molecule has 1 fully saturated rings. The van der Waals surface area contributed by atoms with Crippen molar-refractivity contribution in [2.24, 2.45) is 5.92 Å². The molecule has 16 heavy (non-hydrogen) atoms. The van der Waals surface area contributed by atoms with Crippen molar-refractivity contribution in [1.82, 2.24) is 10.3 Å². The SMILES string of the molecule is CNCCC1CCN(c2nc(C)cs2)CC1. The molecule has 0 radical (unpaired) electrons. The lowest BCUT2D eigenvalue weighted by Gasteiger charge is -2.31. The van der Waals surface area contributed by atoms with Gasteiger partial charge in [0.15, 0.2) is 5.13 Å². The van der Waals surface area contributed by atoms with Crippen molar-refractivity contribution in [3.8, 4) is 0 Å². The molecule has 1 aliphatic rings. The summed E-state index contributed by atoms with van der Waals surface area (Å²) in [6.07, 6.45) is 3.96. The molecule has 0 bridgehead atoms. The molecule has 0 spiro atoms. The zero-order valence-electron chi connectivity index (χ0n) is 10.2. The highest BCUT2D eigenvalue weighted by Gasteiger charge is 2.20.